The van der Waals surface area contributed by atoms with Gasteiger partial charge in [-0.1, -0.05) is 0 Å². The average Bonchev–Trinajstić information content (AvgIpc) is 2.62. The molecule has 1 nitrogen and oxygen atoms in total. The van der Waals surface area contributed by atoms with E-state index in [1.54, 1.807) is 13.1 Å². The van der Waals surface area contributed by atoms with Crippen molar-refractivity contribution in [3.05, 3.63) is 27.3 Å². The average molecular weight is 213 g/mol. The Balaban J connectivity index is 2.52. The SMILES string of the molecule is Cc1ncc(-c2csc(C)c2F)s1. The van der Waals surface area contributed by atoms with Crippen molar-refractivity contribution in [1.29, 1.82) is 0 Å². The number of aryl methyl sites for hydroxylation is 2. The number of thiazole rings is 1. The molecule has 0 unspecified atom stereocenters. The summed E-state index contributed by atoms with van der Waals surface area (Å²) < 4.78 is 13.4. The molecule has 2 aromatic rings. The molecule has 0 fully saturated rings. The first-order valence-electron chi connectivity index (χ1n) is 3.85. The van der Waals surface area contributed by atoms with Crippen LogP contribution in [0.1, 0.15) is 9.88 Å². The smallest absolute Gasteiger partial charge is 0.145 e. The molecular weight excluding hydrogens is 205 g/mol. The van der Waals surface area contributed by atoms with Crippen LogP contribution in [0.25, 0.3) is 10.4 Å². The van der Waals surface area contributed by atoms with E-state index in [-0.39, 0.29) is 5.82 Å². The maximum atomic E-state index is 13.4. The number of rotatable bonds is 1. The maximum Gasteiger partial charge on any atom is 0.145 e. The van der Waals surface area contributed by atoms with Gasteiger partial charge >= 0.3 is 0 Å². The number of hydrogen-bond acceptors (Lipinski definition) is 3. The van der Waals surface area contributed by atoms with Gasteiger partial charge in [-0.15, -0.1) is 22.7 Å². The van der Waals surface area contributed by atoms with E-state index in [2.05, 4.69) is 4.98 Å². The zero-order chi connectivity index (χ0) is 9.42. The molecule has 0 saturated heterocycles. The summed E-state index contributed by atoms with van der Waals surface area (Å²) in [7, 11) is 0. The Labute approximate surface area is 83.9 Å². The van der Waals surface area contributed by atoms with Crippen LogP contribution in [0, 0.1) is 19.7 Å². The third-order valence-corrected chi connectivity index (χ3v) is 3.62. The molecule has 0 saturated carbocycles. The predicted molar refractivity (Wildman–Crippen MR) is 54.9 cm³/mol. The van der Waals surface area contributed by atoms with Crippen LogP contribution >= 0.6 is 22.7 Å². The van der Waals surface area contributed by atoms with Gasteiger partial charge in [-0.2, -0.15) is 0 Å². The summed E-state index contributed by atoms with van der Waals surface area (Å²) in [5, 5.41) is 2.82. The van der Waals surface area contributed by atoms with Crippen LogP contribution in [-0.4, -0.2) is 4.98 Å². The molecule has 0 aliphatic heterocycles. The van der Waals surface area contributed by atoms with Crippen LogP contribution in [0.4, 0.5) is 4.39 Å². The van der Waals surface area contributed by atoms with Gasteiger partial charge in [0.25, 0.3) is 0 Å². The van der Waals surface area contributed by atoms with E-state index in [1.165, 1.54) is 22.7 Å². The molecule has 0 N–H and O–H groups in total. The van der Waals surface area contributed by atoms with Crippen LogP contribution in [0.2, 0.25) is 0 Å². The molecule has 2 aromatic heterocycles. The lowest BCUT2D eigenvalue weighted by atomic mass is 10.3. The molecule has 0 aliphatic rings. The standard InChI is InChI=1S/C9H8FNS2/c1-5-9(10)7(4-12-5)8-3-11-6(2)13-8/h3-4H,1-2H3. The van der Waals surface area contributed by atoms with E-state index >= 15 is 0 Å². The molecule has 68 valence electrons. The van der Waals surface area contributed by atoms with Crippen LogP contribution in [0.15, 0.2) is 11.6 Å². The molecule has 13 heavy (non-hydrogen) atoms. The first kappa shape index (κ1) is 8.84. The van der Waals surface area contributed by atoms with Crippen molar-refractivity contribution in [2.75, 3.05) is 0 Å². The molecular formula is C9H8FNS2. The van der Waals surface area contributed by atoms with Crippen molar-refractivity contribution < 1.29 is 4.39 Å². The molecule has 0 atom stereocenters. The summed E-state index contributed by atoms with van der Waals surface area (Å²) >= 11 is 2.96. The first-order valence-corrected chi connectivity index (χ1v) is 5.54. The second-order valence-corrected chi connectivity index (χ2v) is 5.08. The number of hydrogen-bond donors (Lipinski definition) is 0. The number of thiophene rings is 1. The van der Waals surface area contributed by atoms with Gasteiger partial charge in [0.1, 0.15) is 5.82 Å². The molecule has 2 heterocycles. The summed E-state index contributed by atoms with van der Waals surface area (Å²) in [6.07, 6.45) is 1.73. The molecule has 0 aromatic carbocycles. The number of nitrogens with zero attached hydrogens (tertiary/aromatic N) is 1. The van der Waals surface area contributed by atoms with Crippen molar-refractivity contribution in [3.8, 4) is 10.4 Å². The van der Waals surface area contributed by atoms with Crippen LogP contribution in [-0.2, 0) is 0 Å². The summed E-state index contributed by atoms with van der Waals surface area (Å²) in [5.41, 5.74) is 0.688. The molecule has 0 spiro atoms. The van der Waals surface area contributed by atoms with Crippen molar-refractivity contribution in [3.63, 3.8) is 0 Å². The Bertz CT molecular complexity index is 431. The minimum absolute atomic E-state index is 0.103. The fraction of sp³-hybridized carbons (Fsp3) is 0.222. The molecule has 2 rings (SSSR count). The van der Waals surface area contributed by atoms with Gasteiger partial charge in [-0.25, -0.2) is 9.37 Å². The van der Waals surface area contributed by atoms with E-state index in [0.29, 0.717) is 5.56 Å². The van der Waals surface area contributed by atoms with Crippen LogP contribution in [0.3, 0.4) is 0 Å². The summed E-state index contributed by atoms with van der Waals surface area (Å²) in [5.74, 6) is -0.103. The van der Waals surface area contributed by atoms with E-state index in [1.807, 2.05) is 12.3 Å². The fourth-order valence-electron chi connectivity index (χ4n) is 1.09. The predicted octanol–water partition coefficient (Wildman–Crippen LogP) is 3.63. The van der Waals surface area contributed by atoms with Gasteiger partial charge in [0.2, 0.25) is 0 Å². The highest BCUT2D eigenvalue weighted by atomic mass is 32.1. The summed E-state index contributed by atoms with van der Waals surface area (Å²) in [4.78, 5) is 5.75. The van der Waals surface area contributed by atoms with Crippen LogP contribution in [0.5, 0.6) is 0 Å². The van der Waals surface area contributed by atoms with Gasteiger partial charge in [-0.05, 0) is 13.8 Å². The Hall–Kier alpha value is -0.740. The van der Waals surface area contributed by atoms with Gasteiger partial charge in [-0.3, -0.25) is 0 Å². The third-order valence-electron chi connectivity index (χ3n) is 1.79. The normalized spacial score (nSPS) is 10.7. The monoisotopic (exact) mass is 213 g/mol. The quantitative estimate of drug-likeness (QED) is 0.705. The van der Waals surface area contributed by atoms with E-state index in [4.69, 9.17) is 0 Å². The van der Waals surface area contributed by atoms with Crippen molar-refractivity contribution >= 4 is 22.7 Å². The van der Waals surface area contributed by atoms with Crippen molar-refractivity contribution in [2.24, 2.45) is 0 Å². The zero-order valence-electron chi connectivity index (χ0n) is 7.30. The molecule has 0 bridgehead atoms. The molecule has 4 heteroatoms. The second-order valence-electron chi connectivity index (χ2n) is 2.76. The first-order chi connectivity index (χ1) is 6.18. The highest BCUT2D eigenvalue weighted by molar-refractivity contribution is 7.15. The molecule has 0 amide bonds. The van der Waals surface area contributed by atoms with Crippen LogP contribution < -0.4 is 0 Å². The zero-order valence-corrected chi connectivity index (χ0v) is 8.93. The van der Waals surface area contributed by atoms with E-state index in [9.17, 15) is 4.39 Å². The molecule has 0 radical (unpaired) electrons. The minimum Gasteiger partial charge on any atom is -0.249 e. The lowest BCUT2D eigenvalue weighted by Crippen LogP contribution is -1.74. The van der Waals surface area contributed by atoms with Crippen molar-refractivity contribution in [1.82, 2.24) is 4.98 Å². The van der Waals surface area contributed by atoms with Gasteiger partial charge in [0, 0.05) is 22.0 Å². The van der Waals surface area contributed by atoms with Gasteiger partial charge in [0.05, 0.1) is 9.88 Å². The second kappa shape index (κ2) is 3.20. The number of aromatic nitrogens is 1. The molecule has 0 aliphatic carbocycles. The fourth-order valence-corrected chi connectivity index (χ4v) is 2.69. The van der Waals surface area contributed by atoms with Crippen molar-refractivity contribution in [2.45, 2.75) is 13.8 Å². The van der Waals surface area contributed by atoms with E-state index in [0.717, 1.165) is 14.8 Å². The maximum absolute atomic E-state index is 13.4. The lowest BCUT2D eigenvalue weighted by Gasteiger charge is -1.90. The largest absolute Gasteiger partial charge is 0.249 e. The minimum atomic E-state index is -0.103. The third kappa shape index (κ3) is 1.51. The van der Waals surface area contributed by atoms with Gasteiger partial charge < -0.3 is 0 Å². The highest BCUT2D eigenvalue weighted by Gasteiger charge is 2.11. The lowest BCUT2D eigenvalue weighted by molar-refractivity contribution is 0.629. The number of halogens is 1. The summed E-state index contributed by atoms with van der Waals surface area (Å²) in [6.45, 7) is 3.71. The van der Waals surface area contributed by atoms with E-state index < -0.39 is 0 Å². The Kier molecular flexibility index (Phi) is 2.17. The Morgan fingerprint density at radius 2 is 2.15 bits per heavy atom. The Morgan fingerprint density at radius 3 is 2.62 bits per heavy atom. The topological polar surface area (TPSA) is 12.9 Å². The highest BCUT2D eigenvalue weighted by Crippen LogP contribution is 2.32. The summed E-state index contributed by atoms with van der Waals surface area (Å²) in [6, 6.07) is 0. The van der Waals surface area contributed by atoms with Gasteiger partial charge in [0.15, 0.2) is 0 Å². The Morgan fingerprint density at radius 1 is 1.38 bits per heavy atom.